The highest BCUT2D eigenvalue weighted by Gasteiger charge is 2.38. The van der Waals surface area contributed by atoms with E-state index in [1.807, 2.05) is 30.5 Å². The lowest BCUT2D eigenvalue weighted by Crippen LogP contribution is -2.20. The van der Waals surface area contributed by atoms with Gasteiger partial charge in [0.1, 0.15) is 0 Å². The Hall–Kier alpha value is -1.64. The van der Waals surface area contributed by atoms with Gasteiger partial charge in [0.2, 0.25) is 0 Å². The summed E-state index contributed by atoms with van der Waals surface area (Å²) in [7, 11) is 0. The summed E-state index contributed by atoms with van der Waals surface area (Å²) in [5, 5.41) is 4.20. The zero-order chi connectivity index (χ0) is 15.7. The number of benzene rings is 1. The molecule has 1 aromatic rings. The van der Waals surface area contributed by atoms with E-state index in [0.717, 1.165) is 11.8 Å². The summed E-state index contributed by atoms with van der Waals surface area (Å²) in [5.41, 5.74) is 4.68. The van der Waals surface area contributed by atoms with Crippen LogP contribution in [0.3, 0.4) is 0 Å². The Labute approximate surface area is 133 Å². The van der Waals surface area contributed by atoms with Gasteiger partial charge < -0.3 is 0 Å². The molecule has 0 saturated heterocycles. The fraction of sp³-hybridized carbons (Fsp3) is 0.579. The van der Waals surface area contributed by atoms with Crippen molar-refractivity contribution in [1.29, 1.82) is 0 Å². The van der Waals surface area contributed by atoms with Crippen molar-refractivity contribution in [2.75, 3.05) is 0 Å². The van der Waals surface area contributed by atoms with Crippen molar-refractivity contribution in [3.8, 4) is 0 Å². The van der Waals surface area contributed by atoms with Crippen LogP contribution in [-0.2, 0) is 5.41 Å². The zero-order valence-corrected chi connectivity index (χ0v) is 13.8. The number of nitrogens with zero attached hydrogens (tertiary/aromatic N) is 1. The molecule has 2 bridgehead atoms. The number of carbonyl (C=O) groups is 1. The number of nitrogens with one attached hydrogen (secondary N) is 1. The van der Waals surface area contributed by atoms with Gasteiger partial charge in [-0.2, -0.15) is 5.10 Å². The Kier molecular flexibility index (Phi) is 4.07. The van der Waals surface area contributed by atoms with Crippen LogP contribution in [0.4, 0.5) is 0 Å². The predicted molar refractivity (Wildman–Crippen MR) is 90.0 cm³/mol. The van der Waals surface area contributed by atoms with Gasteiger partial charge in [0, 0.05) is 11.8 Å². The zero-order valence-electron chi connectivity index (χ0n) is 13.8. The second-order valence-electron chi connectivity index (χ2n) is 7.89. The standard InChI is InChI=1S/C19H26N2O/c1-19(2,3)17-8-6-14(7-9-17)18(22)21-20-12-16-11-13-4-5-15(16)10-13/h6-9,12-13,15-16H,4-5,10-11H2,1-3H3,(H,21,22)/b20-12-/t13-,15+,16-/m0/s1. The second-order valence-corrected chi connectivity index (χ2v) is 7.89. The lowest BCUT2D eigenvalue weighted by atomic mass is 9.87. The van der Waals surface area contributed by atoms with Crippen molar-refractivity contribution in [2.24, 2.45) is 22.9 Å². The highest BCUT2D eigenvalue weighted by Crippen LogP contribution is 2.47. The van der Waals surface area contributed by atoms with Crippen molar-refractivity contribution >= 4 is 12.1 Å². The molecule has 0 aliphatic heterocycles. The average Bonchev–Trinajstić information content (AvgIpc) is 3.09. The fourth-order valence-corrected chi connectivity index (χ4v) is 3.85. The molecule has 1 aromatic carbocycles. The van der Waals surface area contributed by atoms with Gasteiger partial charge in [0.25, 0.3) is 5.91 Å². The van der Waals surface area contributed by atoms with Crippen LogP contribution in [0.1, 0.15) is 62.4 Å². The van der Waals surface area contributed by atoms with E-state index >= 15 is 0 Å². The smallest absolute Gasteiger partial charge is 0.267 e. The van der Waals surface area contributed by atoms with E-state index in [0.29, 0.717) is 11.5 Å². The maximum atomic E-state index is 12.1. The van der Waals surface area contributed by atoms with Crippen LogP contribution < -0.4 is 5.43 Å². The Balaban J connectivity index is 1.56. The van der Waals surface area contributed by atoms with Crippen LogP contribution in [0.15, 0.2) is 29.4 Å². The maximum Gasteiger partial charge on any atom is 0.271 e. The van der Waals surface area contributed by atoms with E-state index in [1.165, 1.54) is 31.2 Å². The van der Waals surface area contributed by atoms with Gasteiger partial charge in [-0.15, -0.1) is 0 Å². The fourth-order valence-electron chi connectivity index (χ4n) is 3.85. The molecule has 22 heavy (non-hydrogen) atoms. The van der Waals surface area contributed by atoms with Gasteiger partial charge in [-0.05, 0) is 60.1 Å². The molecule has 0 radical (unpaired) electrons. The lowest BCUT2D eigenvalue weighted by molar-refractivity contribution is 0.0954. The summed E-state index contributed by atoms with van der Waals surface area (Å²) in [6.07, 6.45) is 7.31. The largest absolute Gasteiger partial charge is 0.271 e. The molecule has 2 aliphatic carbocycles. The molecule has 1 N–H and O–H groups in total. The molecule has 2 aliphatic rings. The maximum absolute atomic E-state index is 12.1. The minimum absolute atomic E-state index is 0.106. The average molecular weight is 298 g/mol. The summed E-state index contributed by atoms with van der Waals surface area (Å²) in [4.78, 5) is 12.1. The van der Waals surface area contributed by atoms with E-state index in [1.54, 1.807) is 0 Å². The molecule has 2 saturated carbocycles. The van der Waals surface area contributed by atoms with Crippen LogP contribution in [0.2, 0.25) is 0 Å². The van der Waals surface area contributed by atoms with Crippen LogP contribution in [0.5, 0.6) is 0 Å². The number of hydrogen-bond donors (Lipinski definition) is 1. The summed E-state index contributed by atoms with van der Waals surface area (Å²) < 4.78 is 0. The monoisotopic (exact) mass is 298 g/mol. The first kappa shape index (κ1) is 15.3. The third-order valence-electron chi connectivity index (χ3n) is 5.24. The molecule has 3 atom stereocenters. The SMILES string of the molecule is CC(C)(C)c1ccc(C(=O)N/N=C\[C@@H]2C[C@H]3CC[C@@H]2C3)cc1. The topological polar surface area (TPSA) is 41.5 Å². The van der Waals surface area contributed by atoms with Gasteiger partial charge in [-0.3, -0.25) is 4.79 Å². The normalized spacial score (nSPS) is 27.5. The Morgan fingerprint density at radius 1 is 1.18 bits per heavy atom. The van der Waals surface area contributed by atoms with E-state index in [9.17, 15) is 4.79 Å². The number of fused-ring (bicyclic) bond motifs is 2. The molecule has 3 heteroatoms. The first-order chi connectivity index (χ1) is 10.4. The molecule has 0 aromatic heterocycles. The van der Waals surface area contributed by atoms with Crippen LogP contribution in [0.25, 0.3) is 0 Å². The van der Waals surface area contributed by atoms with Gasteiger partial charge in [-0.25, -0.2) is 5.43 Å². The molecule has 1 amide bonds. The van der Waals surface area contributed by atoms with Gasteiger partial charge in [0.05, 0.1) is 0 Å². The minimum Gasteiger partial charge on any atom is -0.267 e. The van der Waals surface area contributed by atoms with E-state index in [-0.39, 0.29) is 11.3 Å². The number of carbonyl (C=O) groups excluding carboxylic acids is 1. The molecule has 2 fully saturated rings. The number of amides is 1. The van der Waals surface area contributed by atoms with E-state index < -0.39 is 0 Å². The van der Waals surface area contributed by atoms with Gasteiger partial charge in [-0.1, -0.05) is 39.3 Å². The van der Waals surface area contributed by atoms with Crippen molar-refractivity contribution < 1.29 is 4.79 Å². The number of hydrazone groups is 1. The van der Waals surface area contributed by atoms with Crippen LogP contribution in [-0.4, -0.2) is 12.1 Å². The highest BCUT2D eigenvalue weighted by atomic mass is 16.2. The van der Waals surface area contributed by atoms with Crippen LogP contribution >= 0.6 is 0 Å². The minimum atomic E-state index is -0.125. The Morgan fingerprint density at radius 3 is 2.45 bits per heavy atom. The van der Waals surface area contributed by atoms with Crippen LogP contribution in [0, 0.1) is 17.8 Å². The summed E-state index contributed by atoms with van der Waals surface area (Å²) in [5.74, 6) is 2.15. The second kappa shape index (κ2) is 5.86. The Bertz CT molecular complexity index is 568. The molecule has 3 nitrogen and oxygen atoms in total. The van der Waals surface area contributed by atoms with Gasteiger partial charge in [0.15, 0.2) is 0 Å². The van der Waals surface area contributed by atoms with E-state index in [4.69, 9.17) is 0 Å². The van der Waals surface area contributed by atoms with Crippen molar-refractivity contribution in [3.05, 3.63) is 35.4 Å². The molecule has 3 rings (SSSR count). The quantitative estimate of drug-likeness (QED) is 0.661. The third kappa shape index (κ3) is 3.23. The van der Waals surface area contributed by atoms with Crippen molar-refractivity contribution in [3.63, 3.8) is 0 Å². The number of hydrogen-bond acceptors (Lipinski definition) is 2. The first-order valence-corrected chi connectivity index (χ1v) is 8.37. The molecule has 0 heterocycles. The molecular formula is C19H26N2O. The lowest BCUT2D eigenvalue weighted by Gasteiger charge is -2.19. The molecule has 118 valence electrons. The predicted octanol–water partition coefficient (Wildman–Crippen LogP) is 4.14. The van der Waals surface area contributed by atoms with Crippen molar-refractivity contribution in [2.45, 2.75) is 51.9 Å². The summed E-state index contributed by atoms with van der Waals surface area (Å²) in [6, 6.07) is 7.80. The molecule has 0 spiro atoms. The molecule has 0 unspecified atom stereocenters. The third-order valence-corrected chi connectivity index (χ3v) is 5.24. The molecular weight excluding hydrogens is 272 g/mol. The summed E-state index contributed by atoms with van der Waals surface area (Å²) >= 11 is 0. The number of rotatable bonds is 3. The summed E-state index contributed by atoms with van der Waals surface area (Å²) in [6.45, 7) is 6.51. The van der Waals surface area contributed by atoms with E-state index in [2.05, 4.69) is 31.3 Å². The highest BCUT2D eigenvalue weighted by molar-refractivity contribution is 5.94. The van der Waals surface area contributed by atoms with Gasteiger partial charge >= 0.3 is 0 Å². The first-order valence-electron chi connectivity index (χ1n) is 8.37. The van der Waals surface area contributed by atoms with Crippen molar-refractivity contribution in [1.82, 2.24) is 5.43 Å². The Morgan fingerprint density at radius 2 is 1.91 bits per heavy atom.